The second kappa shape index (κ2) is 3.73. The predicted octanol–water partition coefficient (Wildman–Crippen LogP) is 2.56. The van der Waals surface area contributed by atoms with Crippen molar-refractivity contribution in [1.82, 2.24) is 4.98 Å². The van der Waals surface area contributed by atoms with Crippen LogP contribution in [0.15, 0.2) is 18.3 Å². The molecular weight excluding hydrogens is 219 g/mol. The number of pyridine rings is 1. The minimum Gasteiger partial charge on any atom is -0.390 e. The Labute approximate surface area is 91.1 Å². The van der Waals surface area contributed by atoms with Crippen LogP contribution in [0.4, 0.5) is 13.2 Å². The van der Waals surface area contributed by atoms with E-state index in [0.717, 1.165) is 24.5 Å². The summed E-state index contributed by atoms with van der Waals surface area (Å²) in [7, 11) is 0. The maximum absolute atomic E-state index is 12.2. The van der Waals surface area contributed by atoms with E-state index in [2.05, 4.69) is 4.98 Å². The van der Waals surface area contributed by atoms with E-state index in [1.54, 1.807) is 0 Å². The Kier molecular flexibility index (Phi) is 2.66. The zero-order valence-corrected chi connectivity index (χ0v) is 8.59. The number of nitrogens with zero attached hydrogens (tertiary/aromatic N) is 1. The van der Waals surface area contributed by atoms with Crippen molar-refractivity contribution < 1.29 is 18.3 Å². The standard InChI is InChI=1S/C11H12F3NO/c12-11(13,14)9-2-1-8(7-15-9)3-4-10(16)5-6-10/h1-2,7,16H,3-6H2. The van der Waals surface area contributed by atoms with Gasteiger partial charge < -0.3 is 5.11 Å². The second-order valence-electron chi connectivity index (χ2n) is 4.27. The number of halogens is 3. The summed E-state index contributed by atoms with van der Waals surface area (Å²) in [6.45, 7) is 0. The number of hydrogen-bond donors (Lipinski definition) is 1. The third kappa shape index (κ3) is 2.72. The van der Waals surface area contributed by atoms with Crippen LogP contribution >= 0.6 is 0 Å². The van der Waals surface area contributed by atoms with Crippen molar-refractivity contribution >= 4 is 0 Å². The Hall–Kier alpha value is -1.10. The van der Waals surface area contributed by atoms with Gasteiger partial charge in [0.05, 0.1) is 5.60 Å². The Morgan fingerprint density at radius 2 is 2.00 bits per heavy atom. The molecule has 0 amide bonds. The van der Waals surface area contributed by atoms with Crippen molar-refractivity contribution in [1.29, 1.82) is 0 Å². The maximum atomic E-state index is 12.2. The lowest BCUT2D eigenvalue weighted by Gasteiger charge is -2.08. The molecule has 0 spiro atoms. The summed E-state index contributed by atoms with van der Waals surface area (Å²) in [5.74, 6) is 0. The number of aliphatic hydroxyl groups is 1. The SMILES string of the molecule is OC1(CCc2ccc(C(F)(F)F)nc2)CC1. The molecular formula is C11H12F3NO. The molecule has 0 radical (unpaired) electrons. The normalized spacial score (nSPS) is 18.5. The van der Waals surface area contributed by atoms with Crippen LogP contribution in [0.25, 0.3) is 0 Å². The van der Waals surface area contributed by atoms with E-state index in [0.29, 0.717) is 12.8 Å². The quantitative estimate of drug-likeness (QED) is 0.867. The van der Waals surface area contributed by atoms with E-state index in [1.807, 2.05) is 0 Å². The van der Waals surface area contributed by atoms with Crippen molar-refractivity contribution in [2.24, 2.45) is 0 Å². The first-order valence-corrected chi connectivity index (χ1v) is 5.14. The molecule has 16 heavy (non-hydrogen) atoms. The Morgan fingerprint density at radius 3 is 2.44 bits per heavy atom. The molecule has 88 valence electrons. The highest BCUT2D eigenvalue weighted by Gasteiger charge is 2.39. The number of aromatic nitrogens is 1. The van der Waals surface area contributed by atoms with Gasteiger partial charge in [-0.2, -0.15) is 13.2 Å². The molecule has 1 heterocycles. The number of aryl methyl sites for hydroxylation is 1. The highest BCUT2D eigenvalue weighted by Crippen LogP contribution is 2.39. The fourth-order valence-electron chi connectivity index (χ4n) is 1.51. The predicted molar refractivity (Wildman–Crippen MR) is 51.7 cm³/mol. The molecule has 1 aliphatic rings. The number of hydrogen-bond acceptors (Lipinski definition) is 2. The lowest BCUT2D eigenvalue weighted by atomic mass is 10.1. The molecule has 1 fully saturated rings. The van der Waals surface area contributed by atoms with Crippen molar-refractivity contribution in [3.05, 3.63) is 29.6 Å². The van der Waals surface area contributed by atoms with E-state index in [1.165, 1.54) is 12.3 Å². The molecule has 1 aliphatic carbocycles. The fourth-order valence-corrected chi connectivity index (χ4v) is 1.51. The van der Waals surface area contributed by atoms with Crippen LogP contribution in [-0.4, -0.2) is 15.7 Å². The maximum Gasteiger partial charge on any atom is 0.433 e. The molecule has 1 aromatic heterocycles. The third-order valence-electron chi connectivity index (χ3n) is 2.82. The van der Waals surface area contributed by atoms with Crippen LogP contribution in [0.1, 0.15) is 30.5 Å². The lowest BCUT2D eigenvalue weighted by molar-refractivity contribution is -0.141. The monoisotopic (exact) mass is 231 g/mol. The molecule has 0 aromatic carbocycles. The van der Waals surface area contributed by atoms with Crippen molar-refractivity contribution in [2.75, 3.05) is 0 Å². The molecule has 5 heteroatoms. The van der Waals surface area contributed by atoms with Gasteiger partial charge in [0.2, 0.25) is 0 Å². The van der Waals surface area contributed by atoms with E-state index in [-0.39, 0.29) is 0 Å². The molecule has 0 aliphatic heterocycles. The van der Waals surface area contributed by atoms with Crippen molar-refractivity contribution in [2.45, 2.75) is 37.5 Å². The number of rotatable bonds is 3. The average Bonchev–Trinajstić information content (AvgIpc) is 2.94. The smallest absolute Gasteiger partial charge is 0.390 e. The molecule has 0 bridgehead atoms. The minimum absolute atomic E-state index is 0.567. The zero-order chi connectivity index (χ0) is 11.8. The molecule has 1 aromatic rings. The summed E-state index contributed by atoms with van der Waals surface area (Å²) < 4.78 is 36.6. The molecule has 2 nitrogen and oxygen atoms in total. The zero-order valence-electron chi connectivity index (χ0n) is 8.59. The van der Waals surface area contributed by atoms with Gasteiger partial charge in [-0.1, -0.05) is 6.07 Å². The summed E-state index contributed by atoms with van der Waals surface area (Å²) in [6, 6.07) is 2.40. The van der Waals surface area contributed by atoms with Gasteiger partial charge in [0.25, 0.3) is 0 Å². The first kappa shape index (κ1) is 11.4. The minimum atomic E-state index is -4.38. The lowest BCUT2D eigenvalue weighted by Crippen LogP contribution is -2.10. The van der Waals surface area contributed by atoms with Crippen molar-refractivity contribution in [3.63, 3.8) is 0 Å². The van der Waals surface area contributed by atoms with Gasteiger partial charge in [0.1, 0.15) is 5.69 Å². The van der Waals surface area contributed by atoms with Crippen LogP contribution in [0.5, 0.6) is 0 Å². The van der Waals surface area contributed by atoms with Crippen LogP contribution in [0, 0.1) is 0 Å². The van der Waals surface area contributed by atoms with Gasteiger partial charge in [0, 0.05) is 6.20 Å². The summed E-state index contributed by atoms with van der Waals surface area (Å²) in [5.41, 5.74) is -0.711. The van der Waals surface area contributed by atoms with E-state index in [9.17, 15) is 18.3 Å². The van der Waals surface area contributed by atoms with Gasteiger partial charge in [-0.15, -0.1) is 0 Å². The van der Waals surface area contributed by atoms with Crippen LogP contribution < -0.4 is 0 Å². The second-order valence-corrected chi connectivity index (χ2v) is 4.27. The summed E-state index contributed by atoms with van der Waals surface area (Å²) in [6.07, 6.45) is -0.397. The topological polar surface area (TPSA) is 33.1 Å². The highest BCUT2D eigenvalue weighted by molar-refractivity contribution is 5.16. The van der Waals surface area contributed by atoms with E-state index in [4.69, 9.17) is 0 Å². The van der Waals surface area contributed by atoms with E-state index >= 15 is 0 Å². The fraction of sp³-hybridized carbons (Fsp3) is 0.545. The van der Waals surface area contributed by atoms with Crippen LogP contribution in [0.2, 0.25) is 0 Å². The molecule has 1 N–H and O–H groups in total. The Balaban J connectivity index is 1.96. The number of alkyl halides is 3. The Morgan fingerprint density at radius 1 is 1.31 bits per heavy atom. The van der Waals surface area contributed by atoms with Crippen LogP contribution in [0.3, 0.4) is 0 Å². The average molecular weight is 231 g/mol. The van der Waals surface area contributed by atoms with Gasteiger partial charge >= 0.3 is 6.18 Å². The van der Waals surface area contributed by atoms with Gasteiger partial charge in [-0.3, -0.25) is 4.98 Å². The highest BCUT2D eigenvalue weighted by atomic mass is 19.4. The largest absolute Gasteiger partial charge is 0.433 e. The van der Waals surface area contributed by atoms with Crippen LogP contribution in [-0.2, 0) is 12.6 Å². The van der Waals surface area contributed by atoms with E-state index < -0.39 is 17.5 Å². The third-order valence-corrected chi connectivity index (χ3v) is 2.82. The summed E-state index contributed by atoms with van der Waals surface area (Å²) in [5, 5.41) is 9.57. The summed E-state index contributed by atoms with van der Waals surface area (Å²) in [4.78, 5) is 3.36. The molecule has 0 saturated heterocycles. The van der Waals surface area contributed by atoms with Gasteiger partial charge in [-0.05, 0) is 37.3 Å². The molecule has 1 saturated carbocycles. The van der Waals surface area contributed by atoms with Crippen molar-refractivity contribution in [3.8, 4) is 0 Å². The van der Waals surface area contributed by atoms with Gasteiger partial charge in [0.15, 0.2) is 0 Å². The first-order valence-electron chi connectivity index (χ1n) is 5.14. The molecule has 0 atom stereocenters. The first-order chi connectivity index (χ1) is 7.39. The van der Waals surface area contributed by atoms with Gasteiger partial charge in [-0.25, -0.2) is 0 Å². The molecule has 0 unspecified atom stereocenters. The molecule has 2 rings (SSSR count). The summed E-state index contributed by atoms with van der Waals surface area (Å²) >= 11 is 0. The Bertz CT molecular complexity index is 368.